The Labute approximate surface area is 126 Å². The topological polar surface area (TPSA) is 53.1 Å². The van der Waals surface area contributed by atoms with Gasteiger partial charge in [0, 0.05) is 25.8 Å². The third-order valence-electron chi connectivity index (χ3n) is 4.52. The van der Waals surface area contributed by atoms with Crippen molar-refractivity contribution in [2.75, 3.05) is 7.11 Å². The summed E-state index contributed by atoms with van der Waals surface area (Å²) in [5.41, 5.74) is 8.44. The van der Waals surface area contributed by atoms with Crippen LogP contribution in [0.5, 0.6) is 0 Å². The summed E-state index contributed by atoms with van der Waals surface area (Å²) < 4.78 is 7.42. The zero-order chi connectivity index (χ0) is 14.7. The maximum atomic E-state index is 6.42. The molecular weight excluding hydrogens is 274 g/mol. The van der Waals surface area contributed by atoms with Crippen LogP contribution in [0.15, 0.2) is 0 Å². The monoisotopic (exact) mass is 299 g/mol. The molecule has 0 aliphatic heterocycles. The van der Waals surface area contributed by atoms with Crippen LogP contribution in [0, 0.1) is 12.8 Å². The summed E-state index contributed by atoms with van der Waals surface area (Å²) in [4.78, 5) is 0. The molecule has 1 aromatic rings. The zero-order valence-corrected chi connectivity index (χ0v) is 13.5. The molecule has 0 saturated heterocycles. The third kappa shape index (κ3) is 3.35. The van der Waals surface area contributed by atoms with E-state index in [9.17, 15) is 0 Å². The first kappa shape index (κ1) is 15.8. The van der Waals surface area contributed by atoms with Crippen molar-refractivity contribution < 1.29 is 4.74 Å². The van der Waals surface area contributed by atoms with Gasteiger partial charge in [0.2, 0.25) is 0 Å². The molecule has 1 saturated carbocycles. The lowest BCUT2D eigenvalue weighted by molar-refractivity contribution is 0.0178. The highest BCUT2D eigenvalue weighted by Gasteiger charge is 2.29. The number of halogens is 1. The van der Waals surface area contributed by atoms with Crippen LogP contribution in [0.1, 0.15) is 43.4 Å². The van der Waals surface area contributed by atoms with Gasteiger partial charge >= 0.3 is 0 Å². The largest absolute Gasteiger partial charge is 0.380 e. The van der Waals surface area contributed by atoms with E-state index in [4.69, 9.17) is 22.1 Å². The van der Waals surface area contributed by atoms with Gasteiger partial charge in [-0.3, -0.25) is 4.68 Å². The lowest BCUT2D eigenvalue weighted by Gasteiger charge is -2.33. The predicted octanol–water partition coefficient (Wildman–Crippen LogP) is 2.85. The van der Waals surface area contributed by atoms with Gasteiger partial charge in [-0.1, -0.05) is 30.9 Å². The molecule has 1 aromatic heterocycles. The highest BCUT2D eigenvalue weighted by atomic mass is 35.5. The summed E-state index contributed by atoms with van der Waals surface area (Å²) in [5, 5.41) is 5.04. The van der Waals surface area contributed by atoms with Gasteiger partial charge in [-0.15, -0.1) is 0 Å². The van der Waals surface area contributed by atoms with Gasteiger partial charge in [-0.2, -0.15) is 5.10 Å². The van der Waals surface area contributed by atoms with Crippen molar-refractivity contribution >= 4 is 11.6 Å². The third-order valence-corrected chi connectivity index (χ3v) is 4.99. The quantitative estimate of drug-likeness (QED) is 0.909. The van der Waals surface area contributed by atoms with Crippen LogP contribution in [-0.2, 0) is 18.2 Å². The Morgan fingerprint density at radius 3 is 2.55 bits per heavy atom. The van der Waals surface area contributed by atoms with E-state index in [1.165, 1.54) is 32.1 Å². The fraction of sp³-hybridized carbons (Fsp3) is 0.800. The molecule has 20 heavy (non-hydrogen) atoms. The number of nitrogens with zero attached hydrogens (tertiary/aromatic N) is 2. The number of rotatable bonds is 5. The molecular formula is C15H26ClN3O. The van der Waals surface area contributed by atoms with Crippen LogP contribution in [0.4, 0.5) is 0 Å². The summed E-state index contributed by atoms with van der Waals surface area (Å²) in [6, 6.07) is -0.0245. The van der Waals surface area contributed by atoms with E-state index >= 15 is 0 Å². The van der Waals surface area contributed by atoms with Crippen molar-refractivity contribution in [1.29, 1.82) is 0 Å². The van der Waals surface area contributed by atoms with E-state index in [0.29, 0.717) is 11.1 Å². The van der Waals surface area contributed by atoms with E-state index in [0.717, 1.165) is 17.7 Å². The smallest absolute Gasteiger partial charge is 0.130 e. The molecule has 0 bridgehead atoms. The van der Waals surface area contributed by atoms with Gasteiger partial charge in [0.1, 0.15) is 5.15 Å². The molecule has 0 aromatic carbocycles. The van der Waals surface area contributed by atoms with E-state index in [-0.39, 0.29) is 12.1 Å². The van der Waals surface area contributed by atoms with E-state index in [1.807, 2.05) is 14.0 Å². The summed E-state index contributed by atoms with van der Waals surface area (Å²) in [6.07, 6.45) is 7.24. The minimum atomic E-state index is -0.0245. The highest BCUT2D eigenvalue weighted by Crippen LogP contribution is 2.30. The highest BCUT2D eigenvalue weighted by molar-refractivity contribution is 6.30. The lowest BCUT2D eigenvalue weighted by atomic mass is 9.81. The fourth-order valence-electron chi connectivity index (χ4n) is 3.44. The van der Waals surface area contributed by atoms with Crippen molar-refractivity contribution in [2.45, 2.75) is 57.6 Å². The van der Waals surface area contributed by atoms with E-state index < -0.39 is 0 Å². The number of hydrogen-bond acceptors (Lipinski definition) is 3. The van der Waals surface area contributed by atoms with E-state index in [2.05, 4.69) is 5.10 Å². The summed E-state index contributed by atoms with van der Waals surface area (Å²) in [7, 11) is 3.64. The van der Waals surface area contributed by atoms with Gasteiger partial charge in [0.25, 0.3) is 0 Å². The summed E-state index contributed by atoms with van der Waals surface area (Å²) >= 11 is 6.30. The van der Waals surface area contributed by atoms with Gasteiger partial charge in [0.05, 0.1) is 11.8 Å². The first-order chi connectivity index (χ1) is 9.54. The lowest BCUT2D eigenvalue weighted by Crippen LogP contribution is -2.43. The second-order valence-electron chi connectivity index (χ2n) is 5.94. The Hall–Kier alpha value is -0.580. The first-order valence-corrected chi connectivity index (χ1v) is 7.88. The minimum absolute atomic E-state index is 0.0245. The summed E-state index contributed by atoms with van der Waals surface area (Å²) in [6.45, 7) is 1.98. The van der Waals surface area contributed by atoms with Crippen LogP contribution in [0.2, 0.25) is 5.15 Å². The van der Waals surface area contributed by atoms with Gasteiger partial charge in [-0.25, -0.2) is 0 Å². The van der Waals surface area contributed by atoms with E-state index in [1.54, 1.807) is 11.8 Å². The molecule has 0 amide bonds. The number of aromatic nitrogens is 2. The molecule has 1 aliphatic carbocycles. The Morgan fingerprint density at radius 2 is 2.05 bits per heavy atom. The molecule has 2 atom stereocenters. The fourth-order valence-corrected chi connectivity index (χ4v) is 3.69. The molecule has 0 spiro atoms. The number of ether oxygens (including phenoxy) is 1. The summed E-state index contributed by atoms with van der Waals surface area (Å²) in [5.74, 6) is 0.583. The molecule has 4 nitrogen and oxygen atoms in total. The maximum absolute atomic E-state index is 6.42. The molecule has 2 unspecified atom stereocenters. The normalized spacial score (nSPS) is 20.1. The molecule has 2 rings (SSSR count). The Balaban J connectivity index is 2.06. The average molecular weight is 300 g/mol. The van der Waals surface area contributed by atoms with Gasteiger partial charge < -0.3 is 10.5 Å². The average Bonchev–Trinajstić information content (AvgIpc) is 2.67. The molecule has 0 radical (unpaired) electrons. The Morgan fingerprint density at radius 1 is 1.40 bits per heavy atom. The van der Waals surface area contributed by atoms with Crippen LogP contribution in [-0.4, -0.2) is 29.0 Å². The first-order valence-electron chi connectivity index (χ1n) is 7.51. The SMILES string of the molecule is COC(C(N)Cc1c(C)nn(C)c1Cl)C1CCCCC1. The van der Waals surface area contributed by atoms with Gasteiger partial charge in [0.15, 0.2) is 0 Å². The number of hydrogen-bond donors (Lipinski definition) is 1. The predicted molar refractivity (Wildman–Crippen MR) is 82.0 cm³/mol. The number of methoxy groups -OCH3 is 1. The maximum Gasteiger partial charge on any atom is 0.130 e. The zero-order valence-electron chi connectivity index (χ0n) is 12.7. The van der Waals surface area contributed by atoms with Crippen LogP contribution >= 0.6 is 11.6 Å². The van der Waals surface area contributed by atoms with Crippen LogP contribution in [0.25, 0.3) is 0 Å². The molecule has 114 valence electrons. The number of nitrogens with two attached hydrogens (primary N) is 1. The van der Waals surface area contributed by atoms with Crippen LogP contribution < -0.4 is 5.73 Å². The van der Waals surface area contributed by atoms with Crippen molar-refractivity contribution in [1.82, 2.24) is 9.78 Å². The minimum Gasteiger partial charge on any atom is -0.380 e. The van der Waals surface area contributed by atoms with Crippen LogP contribution in [0.3, 0.4) is 0 Å². The Bertz CT molecular complexity index is 441. The molecule has 1 aliphatic rings. The van der Waals surface area contributed by atoms with Crippen molar-refractivity contribution in [2.24, 2.45) is 18.7 Å². The second kappa shape index (κ2) is 6.92. The van der Waals surface area contributed by atoms with Gasteiger partial charge in [-0.05, 0) is 32.1 Å². The second-order valence-corrected chi connectivity index (χ2v) is 6.30. The Kier molecular flexibility index (Phi) is 5.47. The van der Waals surface area contributed by atoms with Crippen molar-refractivity contribution in [3.8, 4) is 0 Å². The molecule has 1 fully saturated rings. The molecule has 1 heterocycles. The molecule has 2 N–H and O–H groups in total. The standard InChI is InChI=1S/C15H26ClN3O/c1-10-12(15(16)19(2)18-10)9-13(17)14(20-3)11-7-5-4-6-8-11/h11,13-14H,4-9,17H2,1-3H3. The van der Waals surface area contributed by atoms with Crippen molar-refractivity contribution in [3.05, 3.63) is 16.4 Å². The number of aryl methyl sites for hydroxylation is 2. The van der Waals surface area contributed by atoms with Crippen molar-refractivity contribution in [3.63, 3.8) is 0 Å². The molecule has 5 heteroatoms.